The minimum Gasteiger partial charge on any atom is -0.496 e. The predicted molar refractivity (Wildman–Crippen MR) is 121 cm³/mol. The molecule has 2 aromatic carbocycles. The number of benzene rings is 2. The Morgan fingerprint density at radius 2 is 1.87 bits per heavy atom. The molecule has 0 spiro atoms. The van der Waals surface area contributed by atoms with Crippen molar-refractivity contribution >= 4 is 29.8 Å². The van der Waals surface area contributed by atoms with Gasteiger partial charge < -0.3 is 15.0 Å². The topological polar surface area (TPSA) is 58.6 Å². The second kappa shape index (κ2) is 10.1. The number of aryl methyl sites for hydroxylation is 1. The van der Waals surface area contributed by atoms with Crippen molar-refractivity contribution in [2.45, 2.75) is 45.1 Å². The molecule has 2 aliphatic heterocycles. The van der Waals surface area contributed by atoms with E-state index in [1.54, 1.807) is 7.11 Å². The Kier molecular flexibility index (Phi) is 7.51. The minimum absolute atomic E-state index is 0. The lowest BCUT2D eigenvalue weighted by molar-refractivity contribution is -0.118. The van der Waals surface area contributed by atoms with Gasteiger partial charge in [-0.2, -0.15) is 0 Å². The summed E-state index contributed by atoms with van der Waals surface area (Å²) >= 11 is 0. The number of nitrogens with one attached hydrogen (secondary N) is 1. The number of hydrogen-bond donors (Lipinski definition) is 1. The average Bonchev–Trinajstić information content (AvgIpc) is 3.18. The van der Waals surface area contributed by atoms with Gasteiger partial charge in [-0.15, -0.1) is 12.4 Å². The first-order chi connectivity index (χ1) is 14.2. The number of ketones is 1. The lowest BCUT2D eigenvalue weighted by Gasteiger charge is -2.25. The fraction of sp³-hybridized carbons (Fsp3) is 0.417. The second-order valence-corrected chi connectivity index (χ2v) is 7.81. The second-order valence-electron chi connectivity index (χ2n) is 7.81. The molecular formula is C24H29ClN2O3. The lowest BCUT2D eigenvalue weighted by atomic mass is 9.94. The molecule has 30 heavy (non-hydrogen) atoms. The molecule has 0 atom stereocenters. The van der Waals surface area contributed by atoms with E-state index in [9.17, 15) is 9.59 Å². The molecule has 160 valence electrons. The van der Waals surface area contributed by atoms with Crippen LogP contribution in [0.3, 0.4) is 0 Å². The van der Waals surface area contributed by atoms with Crippen LogP contribution in [0.25, 0.3) is 0 Å². The van der Waals surface area contributed by atoms with Gasteiger partial charge in [-0.25, -0.2) is 0 Å². The summed E-state index contributed by atoms with van der Waals surface area (Å²) in [5, 5.41) is 3.43. The summed E-state index contributed by atoms with van der Waals surface area (Å²) in [6.07, 6.45) is 4.57. The number of methoxy groups -OCH3 is 1. The number of carbonyl (C=O) groups excluding carboxylic acids is 2. The van der Waals surface area contributed by atoms with Crippen molar-refractivity contribution in [3.05, 3.63) is 58.7 Å². The first-order valence-electron chi connectivity index (χ1n) is 10.5. The van der Waals surface area contributed by atoms with Gasteiger partial charge in [0.15, 0.2) is 5.78 Å². The van der Waals surface area contributed by atoms with Gasteiger partial charge in [0.25, 0.3) is 0 Å². The molecule has 0 aromatic heterocycles. The van der Waals surface area contributed by atoms with E-state index in [-0.39, 0.29) is 24.1 Å². The van der Waals surface area contributed by atoms with Crippen LogP contribution < -0.4 is 15.0 Å². The molecule has 0 radical (unpaired) electrons. The van der Waals surface area contributed by atoms with Crippen molar-refractivity contribution < 1.29 is 14.3 Å². The largest absolute Gasteiger partial charge is 0.496 e. The van der Waals surface area contributed by atoms with Gasteiger partial charge in [0.1, 0.15) is 5.75 Å². The van der Waals surface area contributed by atoms with E-state index < -0.39 is 0 Å². The van der Waals surface area contributed by atoms with Gasteiger partial charge in [-0.1, -0.05) is 18.2 Å². The fourth-order valence-electron chi connectivity index (χ4n) is 4.37. The molecule has 0 aliphatic carbocycles. The summed E-state index contributed by atoms with van der Waals surface area (Å²) in [6, 6.07) is 12.0. The van der Waals surface area contributed by atoms with Gasteiger partial charge in [-0.05, 0) is 61.6 Å². The highest BCUT2D eigenvalue weighted by Gasteiger charge is 2.31. The Balaban J connectivity index is 0.00000256. The summed E-state index contributed by atoms with van der Waals surface area (Å²) in [5.74, 6) is 1.33. The molecule has 1 N–H and O–H groups in total. The molecule has 2 aliphatic rings. The fourth-order valence-corrected chi connectivity index (χ4v) is 4.37. The Morgan fingerprint density at radius 1 is 1.10 bits per heavy atom. The van der Waals surface area contributed by atoms with Crippen molar-refractivity contribution in [3.63, 3.8) is 0 Å². The molecule has 0 bridgehead atoms. The minimum atomic E-state index is 0. The predicted octanol–water partition coefficient (Wildman–Crippen LogP) is 4.10. The van der Waals surface area contributed by atoms with Crippen molar-refractivity contribution in [3.8, 4) is 5.75 Å². The number of unbranched alkanes of at least 4 members (excludes halogenated alkanes) is 1. The van der Waals surface area contributed by atoms with Crippen molar-refractivity contribution in [1.29, 1.82) is 0 Å². The molecule has 0 saturated heterocycles. The quantitative estimate of drug-likeness (QED) is 0.482. The standard InChI is InChI=1S/C24H28N2O3.ClH/c1-29-22-8-3-2-6-19(22)16-25-12-5-4-7-21(27)20-14-17-9-10-23(28)26-13-11-18(15-20)24(17)26;/h2-3,6,8,14-15,25H,4-5,7,9-13,16H2,1H3;1H. The van der Waals surface area contributed by atoms with Crippen LogP contribution in [0.15, 0.2) is 36.4 Å². The monoisotopic (exact) mass is 428 g/mol. The van der Waals surface area contributed by atoms with Crippen LogP contribution in [0.5, 0.6) is 5.75 Å². The van der Waals surface area contributed by atoms with E-state index in [1.807, 2.05) is 35.2 Å². The first-order valence-corrected chi connectivity index (χ1v) is 10.5. The van der Waals surface area contributed by atoms with Gasteiger partial charge in [-0.3, -0.25) is 9.59 Å². The zero-order chi connectivity index (χ0) is 20.2. The van der Waals surface area contributed by atoms with E-state index in [1.165, 1.54) is 5.56 Å². The number of ether oxygens (including phenoxy) is 1. The van der Waals surface area contributed by atoms with Crippen LogP contribution in [0, 0.1) is 0 Å². The first kappa shape index (κ1) is 22.3. The third-order valence-electron chi connectivity index (χ3n) is 5.89. The number of Topliss-reactive ketones (excluding diaryl/α,β-unsaturated/α-hetero) is 1. The highest BCUT2D eigenvalue weighted by Crippen LogP contribution is 2.37. The van der Waals surface area contributed by atoms with Gasteiger partial charge in [0.2, 0.25) is 5.91 Å². The van der Waals surface area contributed by atoms with Gasteiger partial charge in [0, 0.05) is 37.1 Å². The summed E-state index contributed by atoms with van der Waals surface area (Å²) in [4.78, 5) is 26.6. The molecule has 4 rings (SSSR count). The summed E-state index contributed by atoms with van der Waals surface area (Å²) in [6.45, 7) is 2.40. The Bertz CT molecular complexity index is 929. The molecule has 5 nitrogen and oxygen atoms in total. The summed E-state index contributed by atoms with van der Waals surface area (Å²) in [7, 11) is 1.69. The normalized spacial score (nSPS) is 14.3. The number of para-hydroxylation sites is 1. The number of hydrogen-bond acceptors (Lipinski definition) is 4. The maximum Gasteiger partial charge on any atom is 0.227 e. The number of carbonyl (C=O) groups is 2. The molecule has 2 heterocycles. The molecule has 0 saturated carbocycles. The smallest absolute Gasteiger partial charge is 0.227 e. The summed E-state index contributed by atoms with van der Waals surface area (Å²) < 4.78 is 5.36. The molecule has 2 aromatic rings. The molecule has 0 fully saturated rings. The number of halogens is 1. The van der Waals surface area contributed by atoms with E-state index in [4.69, 9.17) is 4.74 Å². The van der Waals surface area contributed by atoms with Crippen LogP contribution in [-0.2, 0) is 24.2 Å². The highest BCUT2D eigenvalue weighted by molar-refractivity contribution is 6.02. The zero-order valence-electron chi connectivity index (χ0n) is 17.4. The van der Waals surface area contributed by atoms with E-state index in [2.05, 4.69) is 11.4 Å². The number of amides is 1. The summed E-state index contributed by atoms with van der Waals surface area (Å²) in [5.41, 5.74) is 5.37. The van der Waals surface area contributed by atoms with Crippen LogP contribution in [0.4, 0.5) is 5.69 Å². The molecule has 1 amide bonds. The number of anilines is 1. The van der Waals surface area contributed by atoms with Crippen LogP contribution in [0.1, 0.15) is 52.7 Å². The lowest BCUT2D eigenvalue weighted by Crippen LogP contribution is -2.32. The van der Waals surface area contributed by atoms with Gasteiger partial charge >= 0.3 is 0 Å². The number of rotatable bonds is 9. The van der Waals surface area contributed by atoms with Crippen LogP contribution >= 0.6 is 12.4 Å². The third-order valence-corrected chi connectivity index (χ3v) is 5.89. The SMILES string of the molecule is COc1ccccc1CNCCCCC(=O)c1cc2c3c(c1)CCN3C(=O)CC2.Cl. The maximum absolute atomic E-state index is 12.7. The van der Waals surface area contributed by atoms with E-state index >= 15 is 0 Å². The molecular weight excluding hydrogens is 400 g/mol. The van der Waals surface area contributed by atoms with E-state index in [0.717, 1.165) is 73.4 Å². The highest BCUT2D eigenvalue weighted by atomic mass is 35.5. The Morgan fingerprint density at radius 3 is 2.67 bits per heavy atom. The third kappa shape index (κ3) is 4.68. The maximum atomic E-state index is 12.7. The Hall–Kier alpha value is -2.37. The van der Waals surface area contributed by atoms with Crippen LogP contribution in [0.2, 0.25) is 0 Å². The number of nitrogens with zero attached hydrogens (tertiary/aromatic N) is 1. The van der Waals surface area contributed by atoms with Crippen molar-refractivity contribution in [2.24, 2.45) is 0 Å². The van der Waals surface area contributed by atoms with Crippen LogP contribution in [-0.4, -0.2) is 31.9 Å². The van der Waals surface area contributed by atoms with Gasteiger partial charge in [0.05, 0.1) is 12.8 Å². The Labute approximate surface area is 184 Å². The van der Waals surface area contributed by atoms with E-state index in [0.29, 0.717) is 12.8 Å². The van der Waals surface area contributed by atoms with Crippen molar-refractivity contribution in [1.82, 2.24) is 5.32 Å². The average molecular weight is 429 g/mol. The molecule has 0 unspecified atom stereocenters. The van der Waals surface area contributed by atoms with Crippen molar-refractivity contribution in [2.75, 3.05) is 25.1 Å². The zero-order valence-corrected chi connectivity index (χ0v) is 18.2. The molecule has 6 heteroatoms.